The first-order valence-corrected chi connectivity index (χ1v) is 7.60. The zero-order chi connectivity index (χ0) is 14.4. The SMILES string of the molecule is COc1cccc2c1C(C)(C1(C)CCCN(C)C1)CN2. The number of nitrogens with zero attached hydrogens (tertiary/aromatic N) is 1. The van der Waals surface area contributed by atoms with Crippen LogP contribution in [0.2, 0.25) is 0 Å². The molecule has 2 aliphatic rings. The Balaban J connectivity index is 2.07. The molecule has 3 heteroatoms. The molecule has 1 fully saturated rings. The molecular weight excluding hydrogens is 248 g/mol. The van der Waals surface area contributed by atoms with Crippen LogP contribution in [0.15, 0.2) is 18.2 Å². The van der Waals surface area contributed by atoms with E-state index in [1.807, 2.05) is 0 Å². The summed E-state index contributed by atoms with van der Waals surface area (Å²) in [4.78, 5) is 2.47. The van der Waals surface area contributed by atoms with E-state index >= 15 is 0 Å². The molecular formula is C17H26N2O. The van der Waals surface area contributed by atoms with E-state index in [4.69, 9.17) is 4.74 Å². The number of likely N-dealkylation sites (tertiary alicyclic amines) is 1. The van der Waals surface area contributed by atoms with E-state index in [0.29, 0.717) is 0 Å². The van der Waals surface area contributed by atoms with E-state index in [1.54, 1.807) is 7.11 Å². The summed E-state index contributed by atoms with van der Waals surface area (Å²) in [6.45, 7) is 8.24. The Labute approximate surface area is 122 Å². The van der Waals surface area contributed by atoms with Gasteiger partial charge in [0.05, 0.1) is 7.11 Å². The van der Waals surface area contributed by atoms with Crippen molar-refractivity contribution in [2.24, 2.45) is 5.41 Å². The van der Waals surface area contributed by atoms with E-state index in [9.17, 15) is 0 Å². The third kappa shape index (κ3) is 1.83. The molecule has 2 aliphatic heterocycles. The van der Waals surface area contributed by atoms with Crippen LogP contribution in [0.5, 0.6) is 5.75 Å². The monoisotopic (exact) mass is 274 g/mol. The zero-order valence-electron chi connectivity index (χ0n) is 13.1. The summed E-state index contributed by atoms with van der Waals surface area (Å²) >= 11 is 0. The number of anilines is 1. The molecule has 0 saturated carbocycles. The summed E-state index contributed by atoms with van der Waals surface area (Å²) < 4.78 is 5.66. The highest BCUT2D eigenvalue weighted by Crippen LogP contribution is 2.54. The second-order valence-corrected chi connectivity index (χ2v) is 6.97. The fraction of sp³-hybridized carbons (Fsp3) is 0.647. The van der Waals surface area contributed by atoms with Crippen molar-refractivity contribution in [2.45, 2.75) is 32.1 Å². The summed E-state index contributed by atoms with van der Waals surface area (Å²) in [5.41, 5.74) is 3.04. The van der Waals surface area contributed by atoms with Crippen LogP contribution in [0.25, 0.3) is 0 Å². The van der Waals surface area contributed by atoms with Crippen molar-refractivity contribution in [3.8, 4) is 5.75 Å². The molecule has 0 bridgehead atoms. The average molecular weight is 274 g/mol. The molecule has 110 valence electrons. The molecule has 0 spiro atoms. The Morgan fingerprint density at radius 3 is 2.80 bits per heavy atom. The lowest BCUT2D eigenvalue weighted by Gasteiger charge is -2.49. The summed E-state index contributed by atoms with van der Waals surface area (Å²) in [6.07, 6.45) is 2.57. The molecule has 1 saturated heterocycles. The smallest absolute Gasteiger partial charge is 0.124 e. The zero-order valence-corrected chi connectivity index (χ0v) is 13.1. The van der Waals surface area contributed by atoms with Crippen molar-refractivity contribution in [1.29, 1.82) is 0 Å². The van der Waals surface area contributed by atoms with E-state index in [1.165, 1.54) is 30.6 Å². The first-order valence-electron chi connectivity index (χ1n) is 7.60. The fourth-order valence-electron chi connectivity index (χ4n) is 4.24. The predicted octanol–water partition coefficient (Wildman–Crippen LogP) is 3.11. The second-order valence-electron chi connectivity index (χ2n) is 6.97. The van der Waals surface area contributed by atoms with Gasteiger partial charge >= 0.3 is 0 Å². The molecule has 20 heavy (non-hydrogen) atoms. The number of rotatable bonds is 2. The predicted molar refractivity (Wildman–Crippen MR) is 83.7 cm³/mol. The van der Waals surface area contributed by atoms with Crippen LogP contribution in [-0.2, 0) is 5.41 Å². The van der Waals surface area contributed by atoms with Gasteiger partial charge in [0, 0.05) is 29.8 Å². The molecule has 0 radical (unpaired) electrons. The van der Waals surface area contributed by atoms with E-state index in [-0.39, 0.29) is 10.8 Å². The third-order valence-corrected chi connectivity index (χ3v) is 5.65. The first-order chi connectivity index (χ1) is 9.50. The van der Waals surface area contributed by atoms with E-state index < -0.39 is 0 Å². The van der Waals surface area contributed by atoms with Crippen molar-refractivity contribution >= 4 is 5.69 Å². The number of nitrogens with one attached hydrogen (secondary N) is 1. The van der Waals surface area contributed by atoms with Gasteiger partial charge in [-0.05, 0) is 44.0 Å². The highest BCUT2D eigenvalue weighted by Gasteiger charge is 2.51. The normalized spacial score (nSPS) is 33.6. The average Bonchev–Trinajstić information content (AvgIpc) is 2.78. The molecule has 0 aromatic heterocycles. The maximum Gasteiger partial charge on any atom is 0.124 e. The Kier molecular flexibility index (Phi) is 3.20. The van der Waals surface area contributed by atoms with Gasteiger partial charge in [0.1, 0.15) is 5.75 Å². The second kappa shape index (κ2) is 4.66. The number of ether oxygens (including phenoxy) is 1. The number of fused-ring (bicyclic) bond motifs is 1. The van der Waals surface area contributed by atoms with Gasteiger partial charge in [0.15, 0.2) is 0 Å². The van der Waals surface area contributed by atoms with Gasteiger partial charge in [-0.3, -0.25) is 0 Å². The summed E-state index contributed by atoms with van der Waals surface area (Å²) in [5, 5.41) is 3.60. The Hall–Kier alpha value is -1.22. The van der Waals surface area contributed by atoms with Crippen molar-refractivity contribution in [3.63, 3.8) is 0 Å². The van der Waals surface area contributed by atoms with Crippen molar-refractivity contribution in [1.82, 2.24) is 4.90 Å². The number of methoxy groups -OCH3 is 1. The largest absolute Gasteiger partial charge is 0.496 e. The van der Waals surface area contributed by atoms with Crippen LogP contribution in [-0.4, -0.2) is 38.7 Å². The quantitative estimate of drug-likeness (QED) is 0.897. The van der Waals surface area contributed by atoms with Gasteiger partial charge in [-0.2, -0.15) is 0 Å². The van der Waals surface area contributed by atoms with Crippen LogP contribution >= 0.6 is 0 Å². The summed E-state index contributed by atoms with van der Waals surface area (Å²) in [6, 6.07) is 6.35. The Morgan fingerprint density at radius 2 is 2.10 bits per heavy atom. The van der Waals surface area contributed by atoms with Crippen molar-refractivity contribution in [3.05, 3.63) is 23.8 Å². The molecule has 1 aromatic rings. The maximum absolute atomic E-state index is 5.66. The minimum Gasteiger partial charge on any atom is -0.496 e. The van der Waals surface area contributed by atoms with Crippen LogP contribution in [0, 0.1) is 5.41 Å². The lowest BCUT2D eigenvalue weighted by Crippen LogP contribution is -2.52. The lowest BCUT2D eigenvalue weighted by atomic mass is 9.59. The van der Waals surface area contributed by atoms with Gasteiger partial charge in [-0.25, -0.2) is 0 Å². The van der Waals surface area contributed by atoms with E-state index in [0.717, 1.165) is 18.8 Å². The molecule has 1 N–H and O–H groups in total. The van der Waals surface area contributed by atoms with Gasteiger partial charge in [-0.15, -0.1) is 0 Å². The number of hydrogen-bond acceptors (Lipinski definition) is 3. The standard InChI is InChI=1S/C17H26N2O/c1-16(9-6-10-19(3)12-16)17(2)11-18-13-7-5-8-14(20-4)15(13)17/h5,7-8,18H,6,9-12H2,1-4H3. The van der Waals surface area contributed by atoms with Gasteiger partial charge in [-0.1, -0.05) is 19.9 Å². The third-order valence-electron chi connectivity index (χ3n) is 5.65. The lowest BCUT2D eigenvalue weighted by molar-refractivity contribution is 0.0560. The van der Waals surface area contributed by atoms with Gasteiger partial charge in [0.2, 0.25) is 0 Å². The van der Waals surface area contributed by atoms with Crippen molar-refractivity contribution < 1.29 is 4.74 Å². The summed E-state index contributed by atoms with van der Waals surface area (Å²) in [7, 11) is 4.02. The molecule has 2 unspecified atom stereocenters. The molecule has 0 amide bonds. The number of piperidine rings is 1. The molecule has 3 nitrogen and oxygen atoms in total. The van der Waals surface area contributed by atoms with Crippen LogP contribution in [0.1, 0.15) is 32.3 Å². The minimum atomic E-state index is 0.129. The molecule has 2 heterocycles. The maximum atomic E-state index is 5.66. The van der Waals surface area contributed by atoms with Crippen LogP contribution < -0.4 is 10.1 Å². The van der Waals surface area contributed by atoms with Crippen molar-refractivity contribution in [2.75, 3.05) is 39.1 Å². The van der Waals surface area contributed by atoms with Crippen LogP contribution in [0.4, 0.5) is 5.69 Å². The molecule has 1 aromatic carbocycles. The molecule has 0 aliphatic carbocycles. The highest BCUT2D eigenvalue weighted by atomic mass is 16.5. The van der Waals surface area contributed by atoms with E-state index in [2.05, 4.69) is 49.3 Å². The van der Waals surface area contributed by atoms with Crippen LogP contribution in [0.3, 0.4) is 0 Å². The topological polar surface area (TPSA) is 24.5 Å². The fourth-order valence-corrected chi connectivity index (χ4v) is 4.24. The molecule has 3 rings (SSSR count). The molecule has 2 atom stereocenters. The van der Waals surface area contributed by atoms with Gasteiger partial charge in [0.25, 0.3) is 0 Å². The Morgan fingerprint density at radius 1 is 1.30 bits per heavy atom. The first kappa shape index (κ1) is 13.7. The number of hydrogen-bond donors (Lipinski definition) is 1. The Bertz CT molecular complexity index is 516. The minimum absolute atomic E-state index is 0.129. The highest BCUT2D eigenvalue weighted by molar-refractivity contribution is 5.66. The summed E-state index contributed by atoms with van der Waals surface area (Å²) in [5.74, 6) is 1.03. The van der Waals surface area contributed by atoms with Gasteiger partial charge < -0.3 is 15.0 Å². The number of benzene rings is 1.